The highest BCUT2D eigenvalue weighted by Crippen LogP contribution is 2.27. The first-order valence-corrected chi connectivity index (χ1v) is 6.63. The Hall–Kier alpha value is -1.00. The molecule has 1 N–H and O–H groups in total. The Morgan fingerprint density at radius 3 is 2.67 bits per heavy atom. The van der Waals surface area contributed by atoms with Crippen LogP contribution >= 0.6 is 11.6 Å². The quantitative estimate of drug-likeness (QED) is 0.916. The number of aliphatic hydroxyl groups is 1. The number of aromatic nitrogens is 1. The van der Waals surface area contributed by atoms with Gasteiger partial charge >= 0.3 is 0 Å². The van der Waals surface area contributed by atoms with Crippen LogP contribution in [0.15, 0.2) is 12.3 Å². The number of hydrogen-bond donors (Lipinski definition) is 1. The van der Waals surface area contributed by atoms with Crippen LogP contribution in [0.25, 0.3) is 0 Å². The van der Waals surface area contributed by atoms with Crippen LogP contribution in [0.5, 0.6) is 0 Å². The lowest BCUT2D eigenvalue weighted by Gasteiger charge is -2.46. The molecule has 1 aromatic rings. The molecule has 1 aliphatic heterocycles. The Bertz CT molecular complexity index is 462. The lowest BCUT2D eigenvalue weighted by atomic mass is 9.91. The summed E-state index contributed by atoms with van der Waals surface area (Å²) in [6.45, 7) is 6.75. The molecule has 2 heterocycles. The molecule has 0 aliphatic carbocycles. The summed E-state index contributed by atoms with van der Waals surface area (Å²) in [7, 11) is 0. The number of nitrogens with zero attached hydrogens (tertiary/aromatic N) is 2. The van der Waals surface area contributed by atoms with Crippen LogP contribution in [0.3, 0.4) is 0 Å². The molecule has 0 atom stereocenters. The van der Waals surface area contributed by atoms with Crippen LogP contribution in [0.2, 0.25) is 5.02 Å². The molecule has 100 valence electrons. The van der Waals surface area contributed by atoms with Gasteiger partial charge in [-0.25, -0.2) is 0 Å². The predicted molar refractivity (Wildman–Crippen MR) is 71.0 cm³/mol. The van der Waals surface area contributed by atoms with Crippen LogP contribution < -0.4 is 0 Å². The average Bonchev–Trinajstić information content (AvgIpc) is 2.66. The van der Waals surface area contributed by atoms with Crippen molar-refractivity contribution in [1.82, 2.24) is 9.47 Å². The van der Waals surface area contributed by atoms with Gasteiger partial charge in [0.25, 0.3) is 5.91 Å². The molecule has 1 amide bonds. The van der Waals surface area contributed by atoms with E-state index in [0.29, 0.717) is 30.2 Å². The molecule has 1 aromatic heterocycles. The standard InChI is InChI=1S/C13H19ClN2O2/c1-4-13(18)7-15(8-13)12(17)11-5-10(14)6-16(11)9(2)3/h5-6,9,18H,4,7-8H2,1-3H3. The fourth-order valence-corrected chi connectivity index (χ4v) is 2.45. The Morgan fingerprint density at radius 1 is 1.56 bits per heavy atom. The van der Waals surface area contributed by atoms with Gasteiger partial charge in [0.05, 0.1) is 23.7 Å². The number of rotatable bonds is 3. The van der Waals surface area contributed by atoms with Gasteiger partial charge < -0.3 is 14.6 Å². The highest BCUT2D eigenvalue weighted by Gasteiger charge is 2.42. The predicted octanol–water partition coefficient (Wildman–Crippen LogP) is 2.32. The monoisotopic (exact) mass is 270 g/mol. The molecule has 1 saturated heterocycles. The topological polar surface area (TPSA) is 45.5 Å². The summed E-state index contributed by atoms with van der Waals surface area (Å²) in [5.41, 5.74) is -0.109. The Labute approximate surface area is 112 Å². The van der Waals surface area contributed by atoms with Crippen molar-refractivity contribution in [2.45, 2.75) is 38.8 Å². The molecular weight excluding hydrogens is 252 g/mol. The second-order valence-electron chi connectivity index (χ2n) is 5.28. The molecule has 2 rings (SSSR count). The van der Waals surface area contributed by atoms with E-state index in [-0.39, 0.29) is 11.9 Å². The number of carbonyl (C=O) groups excluding carboxylic acids is 1. The minimum Gasteiger partial charge on any atom is -0.386 e. The van der Waals surface area contributed by atoms with Crippen molar-refractivity contribution in [1.29, 1.82) is 0 Å². The normalized spacial score (nSPS) is 18.0. The molecule has 0 saturated carbocycles. The third-order valence-corrected chi connectivity index (χ3v) is 3.71. The average molecular weight is 271 g/mol. The highest BCUT2D eigenvalue weighted by atomic mass is 35.5. The van der Waals surface area contributed by atoms with Crippen molar-refractivity contribution in [2.75, 3.05) is 13.1 Å². The zero-order chi connectivity index (χ0) is 13.5. The maximum Gasteiger partial charge on any atom is 0.270 e. The second kappa shape index (κ2) is 4.59. The zero-order valence-electron chi connectivity index (χ0n) is 11.0. The molecule has 0 bridgehead atoms. The molecule has 4 nitrogen and oxygen atoms in total. The van der Waals surface area contributed by atoms with Crippen molar-refractivity contribution >= 4 is 17.5 Å². The number of β-amino-alcohol motifs (C(OH)–C–C–N with tert-alkyl or cyclic N) is 1. The molecule has 1 fully saturated rings. The van der Waals surface area contributed by atoms with E-state index in [1.807, 2.05) is 25.3 Å². The minimum atomic E-state index is -0.700. The smallest absolute Gasteiger partial charge is 0.270 e. The third kappa shape index (κ3) is 2.27. The first-order chi connectivity index (χ1) is 8.36. The van der Waals surface area contributed by atoms with E-state index in [4.69, 9.17) is 11.6 Å². The lowest BCUT2D eigenvalue weighted by Crippen LogP contribution is -2.63. The van der Waals surface area contributed by atoms with Crippen molar-refractivity contribution < 1.29 is 9.90 Å². The van der Waals surface area contributed by atoms with E-state index in [2.05, 4.69) is 0 Å². The summed E-state index contributed by atoms with van der Waals surface area (Å²) in [4.78, 5) is 14.0. The van der Waals surface area contributed by atoms with Crippen molar-refractivity contribution in [3.05, 3.63) is 23.0 Å². The summed E-state index contributed by atoms with van der Waals surface area (Å²) >= 11 is 5.96. The number of halogens is 1. The maximum atomic E-state index is 12.3. The zero-order valence-corrected chi connectivity index (χ0v) is 11.7. The first kappa shape index (κ1) is 13.4. The Morgan fingerprint density at radius 2 is 2.17 bits per heavy atom. The molecular formula is C13H19ClN2O2. The van der Waals surface area contributed by atoms with Crippen molar-refractivity contribution in [3.63, 3.8) is 0 Å². The van der Waals surface area contributed by atoms with Gasteiger partial charge in [0, 0.05) is 12.2 Å². The molecule has 0 spiro atoms. The van der Waals surface area contributed by atoms with E-state index < -0.39 is 5.60 Å². The van der Waals surface area contributed by atoms with Gasteiger partial charge in [0.1, 0.15) is 5.69 Å². The van der Waals surface area contributed by atoms with Crippen molar-refractivity contribution in [2.24, 2.45) is 0 Å². The van der Waals surface area contributed by atoms with E-state index >= 15 is 0 Å². The van der Waals surface area contributed by atoms with Gasteiger partial charge in [0.2, 0.25) is 0 Å². The Kier molecular flexibility index (Phi) is 3.43. The van der Waals surface area contributed by atoms with E-state index in [0.717, 1.165) is 0 Å². The van der Waals surface area contributed by atoms with Crippen LogP contribution in [0.1, 0.15) is 43.7 Å². The van der Waals surface area contributed by atoms with Gasteiger partial charge in [-0.1, -0.05) is 18.5 Å². The third-order valence-electron chi connectivity index (χ3n) is 3.51. The molecule has 5 heteroatoms. The number of carbonyl (C=O) groups is 1. The number of hydrogen-bond acceptors (Lipinski definition) is 2. The summed E-state index contributed by atoms with van der Waals surface area (Å²) in [6, 6.07) is 1.87. The van der Waals surface area contributed by atoms with Crippen LogP contribution in [-0.4, -0.2) is 39.2 Å². The summed E-state index contributed by atoms with van der Waals surface area (Å²) < 4.78 is 1.87. The highest BCUT2D eigenvalue weighted by molar-refractivity contribution is 6.31. The molecule has 0 radical (unpaired) electrons. The first-order valence-electron chi connectivity index (χ1n) is 6.25. The summed E-state index contributed by atoms with van der Waals surface area (Å²) in [5.74, 6) is -0.0614. The van der Waals surface area contributed by atoms with Crippen molar-refractivity contribution in [3.8, 4) is 0 Å². The molecule has 0 aromatic carbocycles. The SMILES string of the molecule is CCC1(O)CN(C(=O)c2cc(Cl)cn2C(C)C)C1. The molecule has 0 unspecified atom stereocenters. The van der Waals surface area contributed by atoms with E-state index in [1.165, 1.54) is 0 Å². The fourth-order valence-electron chi connectivity index (χ4n) is 2.24. The van der Waals surface area contributed by atoms with Gasteiger partial charge in [0.15, 0.2) is 0 Å². The lowest BCUT2D eigenvalue weighted by molar-refractivity contribution is -0.0829. The van der Waals surface area contributed by atoms with Crippen LogP contribution in [0, 0.1) is 0 Å². The molecule has 1 aliphatic rings. The second-order valence-corrected chi connectivity index (χ2v) is 5.72. The maximum absolute atomic E-state index is 12.3. The van der Waals surface area contributed by atoms with Crippen LogP contribution in [-0.2, 0) is 0 Å². The van der Waals surface area contributed by atoms with Gasteiger partial charge in [-0.2, -0.15) is 0 Å². The van der Waals surface area contributed by atoms with E-state index in [9.17, 15) is 9.90 Å². The summed E-state index contributed by atoms with van der Waals surface area (Å²) in [5, 5.41) is 10.5. The van der Waals surface area contributed by atoms with E-state index in [1.54, 1.807) is 17.2 Å². The number of likely N-dealkylation sites (tertiary alicyclic amines) is 1. The van der Waals surface area contributed by atoms with Crippen LogP contribution in [0.4, 0.5) is 0 Å². The Balaban J connectivity index is 2.16. The largest absolute Gasteiger partial charge is 0.386 e. The minimum absolute atomic E-state index is 0.0614. The van der Waals surface area contributed by atoms with Gasteiger partial charge in [-0.15, -0.1) is 0 Å². The van der Waals surface area contributed by atoms with Gasteiger partial charge in [-0.3, -0.25) is 4.79 Å². The molecule has 18 heavy (non-hydrogen) atoms. The summed E-state index contributed by atoms with van der Waals surface area (Å²) in [6.07, 6.45) is 2.44. The fraction of sp³-hybridized carbons (Fsp3) is 0.615. The van der Waals surface area contributed by atoms with Gasteiger partial charge in [-0.05, 0) is 26.3 Å². The number of amides is 1.